The quantitative estimate of drug-likeness (QED) is 0.915. The topological polar surface area (TPSA) is 95.0 Å². The molecule has 0 radical (unpaired) electrons. The molecule has 2 aromatic rings. The minimum absolute atomic E-state index is 0.0784. The second-order valence-corrected chi connectivity index (χ2v) is 8.17. The van der Waals surface area contributed by atoms with Gasteiger partial charge < -0.3 is 5.73 Å². The summed E-state index contributed by atoms with van der Waals surface area (Å²) in [6, 6.07) is 8.00. The lowest BCUT2D eigenvalue weighted by molar-refractivity contribution is 0.580. The molecule has 1 aliphatic rings. The van der Waals surface area contributed by atoms with Crippen molar-refractivity contribution >= 4 is 27.4 Å². The van der Waals surface area contributed by atoms with Crippen LogP contribution in [0.1, 0.15) is 18.2 Å². The van der Waals surface area contributed by atoms with Gasteiger partial charge in [-0.05, 0) is 30.7 Å². The SMILES string of the molecule is Nc1nc(=O)n([C@H]2CCCS2)cc1S(=O)(=O)c1ccccc1. The van der Waals surface area contributed by atoms with Gasteiger partial charge in [0, 0.05) is 6.20 Å². The van der Waals surface area contributed by atoms with E-state index in [9.17, 15) is 13.2 Å². The highest BCUT2D eigenvalue weighted by atomic mass is 32.2. The van der Waals surface area contributed by atoms with Gasteiger partial charge >= 0.3 is 5.69 Å². The second-order valence-electron chi connectivity index (χ2n) is 4.96. The van der Waals surface area contributed by atoms with Gasteiger partial charge in [-0.15, -0.1) is 11.8 Å². The normalized spacial score (nSPS) is 18.5. The van der Waals surface area contributed by atoms with Crippen LogP contribution in [0.3, 0.4) is 0 Å². The van der Waals surface area contributed by atoms with Crippen molar-refractivity contribution in [2.24, 2.45) is 0 Å². The zero-order valence-electron chi connectivity index (χ0n) is 11.7. The van der Waals surface area contributed by atoms with E-state index in [1.807, 2.05) is 0 Å². The fourth-order valence-electron chi connectivity index (χ4n) is 2.38. The number of anilines is 1. The van der Waals surface area contributed by atoms with Crippen molar-refractivity contribution in [1.82, 2.24) is 9.55 Å². The zero-order chi connectivity index (χ0) is 15.7. The highest BCUT2D eigenvalue weighted by Crippen LogP contribution is 2.35. The van der Waals surface area contributed by atoms with Gasteiger partial charge in [-0.25, -0.2) is 13.2 Å². The Hall–Kier alpha value is -1.80. The van der Waals surface area contributed by atoms with E-state index in [0.717, 1.165) is 18.6 Å². The Labute approximate surface area is 132 Å². The molecule has 1 saturated heterocycles. The van der Waals surface area contributed by atoms with Crippen molar-refractivity contribution in [3.8, 4) is 0 Å². The molecule has 8 heteroatoms. The highest BCUT2D eigenvalue weighted by molar-refractivity contribution is 7.99. The van der Waals surface area contributed by atoms with E-state index in [2.05, 4.69) is 4.98 Å². The summed E-state index contributed by atoms with van der Waals surface area (Å²) in [5.74, 6) is 0.690. The van der Waals surface area contributed by atoms with E-state index in [-0.39, 0.29) is 21.0 Å². The number of nitrogen functional groups attached to an aromatic ring is 1. The number of nitrogens with two attached hydrogens (primary N) is 1. The van der Waals surface area contributed by atoms with E-state index in [0.29, 0.717) is 0 Å². The number of hydrogen-bond acceptors (Lipinski definition) is 6. The monoisotopic (exact) mass is 337 g/mol. The summed E-state index contributed by atoms with van der Waals surface area (Å²) in [6.07, 6.45) is 3.14. The van der Waals surface area contributed by atoms with Crippen LogP contribution >= 0.6 is 11.8 Å². The van der Waals surface area contributed by atoms with Gasteiger partial charge in [0.25, 0.3) is 0 Å². The van der Waals surface area contributed by atoms with Gasteiger partial charge in [-0.3, -0.25) is 4.57 Å². The summed E-state index contributed by atoms with van der Waals surface area (Å²) < 4.78 is 26.8. The molecule has 6 nitrogen and oxygen atoms in total. The molecule has 0 unspecified atom stereocenters. The van der Waals surface area contributed by atoms with Crippen molar-refractivity contribution in [3.05, 3.63) is 47.0 Å². The molecule has 0 saturated carbocycles. The maximum Gasteiger partial charge on any atom is 0.350 e. The predicted molar refractivity (Wildman–Crippen MR) is 85.5 cm³/mol. The first-order chi connectivity index (χ1) is 10.5. The fourth-order valence-corrected chi connectivity index (χ4v) is 4.98. The van der Waals surface area contributed by atoms with Crippen LogP contribution in [0.15, 0.2) is 51.1 Å². The number of benzene rings is 1. The lowest BCUT2D eigenvalue weighted by atomic mass is 10.3. The van der Waals surface area contributed by atoms with Crippen molar-refractivity contribution in [2.45, 2.75) is 28.0 Å². The van der Waals surface area contributed by atoms with Crippen LogP contribution in [0.5, 0.6) is 0 Å². The Bertz CT molecular complexity index is 841. The molecule has 0 aliphatic carbocycles. The minimum atomic E-state index is -3.79. The van der Waals surface area contributed by atoms with Crippen molar-refractivity contribution < 1.29 is 8.42 Å². The average molecular weight is 337 g/mol. The molecule has 22 heavy (non-hydrogen) atoms. The molecule has 0 spiro atoms. The number of nitrogens with zero attached hydrogens (tertiary/aromatic N) is 2. The van der Waals surface area contributed by atoms with Crippen LogP contribution in [0.25, 0.3) is 0 Å². The van der Waals surface area contributed by atoms with Gasteiger partial charge in [0.1, 0.15) is 10.7 Å². The maximum atomic E-state index is 12.7. The number of hydrogen-bond donors (Lipinski definition) is 1. The smallest absolute Gasteiger partial charge is 0.350 e. The summed E-state index contributed by atoms with van der Waals surface area (Å²) in [5.41, 5.74) is 5.19. The third-order valence-electron chi connectivity index (χ3n) is 3.50. The Balaban J connectivity index is 2.15. The van der Waals surface area contributed by atoms with Gasteiger partial charge in [-0.2, -0.15) is 4.98 Å². The molecule has 1 fully saturated rings. The second kappa shape index (κ2) is 5.77. The first-order valence-corrected chi connectivity index (χ1v) is 9.34. The van der Waals surface area contributed by atoms with E-state index in [1.54, 1.807) is 30.0 Å². The molecule has 1 aromatic heterocycles. The number of thioether (sulfide) groups is 1. The first kappa shape index (κ1) is 15.1. The average Bonchev–Trinajstić information content (AvgIpc) is 3.02. The van der Waals surface area contributed by atoms with Crippen LogP contribution in [0.4, 0.5) is 5.82 Å². The lowest BCUT2D eigenvalue weighted by Gasteiger charge is -2.15. The van der Waals surface area contributed by atoms with Gasteiger partial charge in [0.2, 0.25) is 9.84 Å². The standard InChI is InChI=1S/C14H15N3O3S2/c15-13-11(22(19,20)10-5-2-1-3-6-10)9-17(14(18)16-13)12-7-4-8-21-12/h1-3,5-6,9,12H,4,7-8H2,(H2,15,16,18)/t12-/m1/s1. The molecule has 1 atom stereocenters. The van der Waals surface area contributed by atoms with Crippen LogP contribution in [0, 0.1) is 0 Å². The van der Waals surface area contributed by atoms with Gasteiger partial charge in [0.15, 0.2) is 0 Å². The van der Waals surface area contributed by atoms with E-state index >= 15 is 0 Å². The van der Waals surface area contributed by atoms with Gasteiger partial charge in [-0.1, -0.05) is 18.2 Å². The van der Waals surface area contributed by atoms with Crippen LogP contribution in [0.2, 0.25) is 0 Å². The molecule has 0 bridgehead atoms. The predicted octanol–water partition coefficient (Wildman–Crippen LogP) is 1.68. The molecule has 116 valence electrons. The number of sulfone groups is 1. The minimum Gasteiger partial charge on any atom is -0.382 e. The molecule has 3 rings (SSSR count). The Morgan fingerprint density at radius 3 is 2.64 bits per heavy atom. The first-order valence-electron chi connectivity index (χ1n) is 6.80. The molecular formula is C14H15N3O3S2. The fraction of sp³-hybridized carbons (Fsp3) is 0.286. The molecule has 0 amide bonds. The molecule has 2 N–H and O–H groups in total. The summed E-state index contributed by atoms with van der Waals surface area (Å²) in [4.78, 5) is 15.7. The molecule has 2 heterocycles. The molecular weight excluding hydrogens is 322 g/mol. The maximum absolute atomic E-state index is 12.7. The van der Waals surface area contributed by atoms with Crippen LogP contribution in [-0.2, 0) is 9.84 Å². The molecule has 1 aromatic carbocycles. The van der Waals surface area contributed by atoms with E-state index in [1.165, 1.54) is 22.9 Å². The Morgan fingerprint density at radius 2 is 2.00 bits per heavy atom. The summed E-state index contributed by atoms with van der Waals surface area (Å²) in [6.45, 7) is 0. The van der Waals surface area contributed by atoms with E-state index < -0.39 is 15.5 Å². The summed E-state index contributed by atoms with van der Waals surface area (Å²) >= 11 is 1.62. The Kier molecular flexibility index (Phi) is 3.96. The third-order valence-corrected chi connectivity index (χ3v) is 6.66. The third kappa shape index (κ3) is 2.64. The number of rotatable bonds is 3. The summed E-state index contributed by atoms with van der Waals surface area (Å²) in [5, 5.41) is -0.0784. The van der Waals surface area contributed by atoms with Crippen molar-refractivity contribution in [1.29, 1.82) is 0 Å². The lowest BCUT2D eigenvalue weighted by Crippen LogP contribution is -2.27. The highest BCUT2D eigenvalue weighted by Gasteiger charge is 2.26. The summed E-state index contributed by atoms with van der Waals surface area (Å²) in [7, 11) is -3.79. The number of aromatic nitrogens is 2. The van der Waals surface area contributed by atoms with Crippen LogP contribution in [-0.4, -0.2) is 23.7 Å². The Morgan fingerprint density at radius 1 is 1.27 bits per heavy atom. The largest absolute Gasteiger partial charge is 0.382 e. The van der Waals surface area contributed by atoms with E-state index in [4.69, 9.17) is 5.73 Å². The van der Waals surface area contributed by atoms with Crippen molar-refractivity contribution in [2.75, 3.05) is 11.5 Å². The zero-order valence-corrected chi connectivity index (χ0v) is 13.3. The van der Waals surface area contributed by atoms with Gasteiger partial charge in [0.05, 0.1) is 10.3 Å². The molecule has 1 aliphatic heterocycles. The van der Waals surface area contributed by atoms with Crippen LogP contribution < -0.4 is 11.4 Å². The van der Waals surface area contributed by atoms with Crippen molar-refractivity contribution in [3.63, 3.8) is 0 Å².